The molecule has 43 heavy (non-hydrogen) atoms. The van der Waals surface area contributed by atoms with Gasteiger partial charge >= 0.3 is 12.2 Å². The van der Waals surface area contributed by atoms with Gasteiger partial charge in [-0.3, -0.25) is 14.7 Å². The van der Waals surface area contributed by atoms with Gasteiger partial charge in [0.25, 0.3) is 0 Å². The van der Waals surface area contributed by atoms with E-state index in [0.29, 0.717) is 32.7 Å². The molecule has 0 unspecified atom stereocenters. The van der Waals surface area contributed by atoms with Crippen molar-refractivity contribution in [1.82, 2.24) is 14.7 Å². The molecule has 4 rings (SSSR count). The van der Waals surface area contributed by atoms with E-state index in [1.807, 2.05) is 91.8 Å². The maximum atomic E-state index is 13.5. The molecule has 0 saturated carbocycles. The quantitative estimate of drug-likeness (QED) is 0.314. The Morgan fingerprint density at radius 1 is 0.721 bits per heavy atom. The lowest BCUT2D eigenvalue weighted by Gasteiger charge is -2.38. The normalized spacial score (nSPS) is 20.7. The van der Waals surface area contributed by atoms with Crippen molar-refractivity contribution in [3.8, 4) is 0 Å². The van der Waals surface area contributed by atoms with Crippen LogP contribution in [0.1, 0.15) is 72.9 Å². The number of carbonyl (C=O) groups excluding carboxylic acids is 2. The summed E-state index contributed by atoms with van der Waals surface area (Å²) in [7, 11) is 0. The van der Waals surface area contributed by atoms with E-state index in [1.54, 1.807) is 9.80 Å². The van der Waals surface area contributed by atoms with Gasteiger partial charge in [-0.1, -0.05) is 60.7 Å². The van der Waals surface area contributed by atoms with Crippen LogP contribution in [-0.2, 0) is 32.0 Å². The first-order valence-corrected chi connectivity index (χ1v) is 15.2. The molecule has 0 bridgehead atoms. The number of hydrogen-bond acceptors (Lipinski definition) is 7. The summed E-state index contributed by atoms with van der Waals surface area (Å²) in [5, 5.41) is 0. The van der Waals surface area contributed by atoms with Crippen molar-refractivity contribution >= 4 is 12.2 Å². The molecule has 236 valence electrons. The molecule has 2 aliphatic rings. The summed E-state index contributed by atoms with van der Waals surface area (Å²) in [5.74, 6) is 0. The second-order valence-corrected chi connectivity index (χ2v) is 13.8. The molecule has 2 saturated heterocycles. The van der Waals surface area contributed by atoms with Crippen LogP contribution < -0.4 is 0 Å². The van der Waals surface area contributed by atoms with Crippen molar-refractivity contribution < 1.29 is 28.5 Å². The van der Waals surface area contributed by atoms with Gasteiger partial charge in [-0.15, -0.1) is 0 Å². The number of benzene rings is 2. The highest BCUT2D eigenvalue weighted by Gasteiger charge is 2.51. The van der Waals surface area contributed by atoms with Crippen LogP contribution in [0.5, 0.6) is 0 Å². The summed E-state index contributed by atoms with van der Waals surface area (Å²) >= 11 is 0. The van der Waals surface area contributed by atoms with Gasteiger partial charge in [0.15, 0.2) is 0 Å². The minimum Gasteiger partial charge on any atom is -0.449 e. The first kappa shape index (κ1) is 32.8. The van der Waals surface area contributed by atoms with E-state index >= 15 is 0 Å². The molecule has 1 atom stereocenters. The van der Waals surface area contributed by atoms with Crippen LogP contribution in [0.15, 0.2) is 60.7 Å². The van der Waals surface area contributed by atoms with Crippen LogP contribution >= 0.6 is 0 Å². The van der Waals surface area contributed by atoms with E-state index in [2.05, 4.69) is 29.2 Å². The van der Waals surface area contributed by atoms with Crippen LogP contribution in [0.25, 0.3) is 0 Å². The standard InChI is InChI=1S/C34H49N3O6/c1-31(2)24-42-33(5,6)36(31)29(38)40-20-19-28(23-41-30(39)37-32(3,4)25-43-34(37,7)8)35(21-26-15-11-9-12-16-26)22-27-17-13-10-14-18-27/h9-18,28H,19-25H2,1-8H3/t28-/m0/s1. The Morgan fingerprint density at radius 3 is 1.53 bits per heavy atom. The number of ether oxygens (including phenoxy) is 4. The first-order valence-electron chi connectivity index (χ1n) is 15.2. The van der Waals surface area contributed by atoms with E-state index < -0.39 is 34.7 Å². The fraction of sp³-hybridized carbons (Fsp3) is 0.588. The minimum atomic E-state index is -0.781. The summed E-state index contributed by atoms with van der Waals surface area (Å²) in [6.07, 6.45) is -0.373. The fourth-order valence-electron chi connectivity index (χ4n) is 6.26. The third-order valence-corrected chi connectivity index (χ3v) is 8.26. The zero-order valence-corrected chi connectivity index (χ0v) is 27.1. The monoisotopic (exact) mass is 595 g/mol. The largest absolute Gasteiger partial charge is 0.449 e. The Morgan fingerprint density at radius 2 is 1.14 bits per heavy atom. The highest BCUT2D eigenvalue weighted by molar-refractivity contribution is 5.70. The van der Waals surface area contributed by atoms with Crippen molar-refractivity contribution in [2.24, 2.45) is 0 Å². The van der Waals surface area contributed by atoms with Crippen molar-refractivity contribution in [1.29, 1.82) is 0 Å². The maximum absolute atomic E-state index is 13.5. The molecule has 2 fully saturated rings. The van der Waals surface area contributed by atoms with E-state index in [9.17, 15) is 9.59 Å². The number of nitrogens with zero attached hydrogens (tertiary/aromatic N) is 3. The van der Waals surface area contributed by atoms with E-state index in [0.717, 1.165) is 11.1 Å². The van der Waals surface area contributed by atoms with E-state index in [-0.39, 0.29) is 19.3 Å². The third-order valence-electron chi connectivity index (χ3n) is 8.26. The molecular formula is C34H49N3O6. The summed E-state index contributed by atoms with van der Waals surface area (Å²) in [5.41, 5.74) is -0.258. The highest BCUT2D eigenvalue weighted by Crippen LogP contribution is 2.36. The van der Waals surface area contributed by atoms with Gasteiger partial charge in [0, 0.05) is 25.6 Å². The van der Waals surface area contributed by atoms with Crippen molar-refractivity contribution in [3.05, 3.63) is 71.8 Å². The van der Waals surface area contributed by atoms with Crippen LogP contribution in [-0.4, -0.2) is 81.9 Å². The lowest BCUT2D eigenvalue weighted by molar-refractivity contribution is -0.0589. The fourth-order valence-corrected chi connectivity index (χ4v) is 6.26. The third kappa shape index (κ3) is 7.88. The van der Waals surface area contributed by atoms with E-state index in [4.69, 9.17) is 18.9 Å². The van der Waals surface area contributed by atoms with Gasteiger partial charge in [-0.05, 0) is 66.5 Å². The lowest BCUT2D eigenvalue weighted by Crippen LogP contribution is -2.53. The molecule has 9 nitrogen and oxygen atoms in total. The molecule has 9 heteroatoms. The van der Waals surface area contributed by atoms with Gasteiger partial charge in [0.1, 0.15) is 18.1 Å². The predicted octanol–water partition coefficient (Wildman–Crippen LogP) is 6.41. The summed E-state index contributed by atoms with van der Waals surface area (Å²) < 4.78 is 23.7. The molecule has 2 heterocycles. The van der Waals surface area contributed by atoms with Gasteiger partial charge in [0.2, 0.25) is 0 Å². The summed E-state index contributed by atoms with van der Waals surface area (Å²) in [6.45, 7) is 17.8. The Balaban J connectivity index is 1.54. The highest BCUT2D eigenvalue weighted by atomic mass is 16.6. The maximum Gasteiger partial charge on any atom is 0.412 e. The van der Waals surface area contributed by atoms with Crippen molar-refractivity contribution in [3.63, 3.8) is 0 Å². The van der Waals surface area contributed by atoms with Gasteiger partial charge in [-0.25, -0.2) is 9.59 Å². The average Bonchev–Trinajstić information content (AvgIpc) is 3.30. The molecule has 2 aromatic carbocycles. The molecule has 0 N–H and O–H groups in total. The van der Waals surface area contributed by atoms with Crippen molar-refractivity contribution in [2.75, 3.05) is 26.4 Å². The summed E-state index contributed by atoms with van der Waals surface area (Å²) in [4.78, 5) is 32.4. The summed E-state index contributed by atoms with van der Waals surface area (Å²) in [6, 6.07) is 20.2. The van der Waals surface area contributed by atoms with E-state index in [1.165, 1.54) is 0 Å². The molecule has 0 spiro atoms. The minimum absolute atomic E-state index is 0.128. The Labute approximate surface area is 257 Å². The van der Waals surface area contributed by atoms with Crippen molar-refractivity contribution in [2.45, 2.75) is 103 Å². The number of hydrogen-bond donors (Lipinski definition) is 0. The zero-order chi connectivity index (χ0) is 31.5. The van der Waals surface area contributed by atoms with Gasteiger partial charge in [-0.2, -0.15) is 0 Å². The van der Waals surface area contributed by atoms with Gasteiger partial charge in [0.05, 0.1) is 30.9 Å². The predicted molar refractivity (Wildman–Crippen MR) is 165 cm³/mol. The SMILES string of the molecule is CC1(C)COC(C)(C)N1C(=O)OCC[C@@H](COC(=O)N1C(C)(C)COC1(C)C)N(Cc1ccccc1)Cc1ccccc1. The van der Waals surface area contributed by atoms with Crippen LogP contribution in [0.2, 0.25) is 0 Å². The van der Waals surface area contributed by atoms with Crippen LogP contribution in [0.4, 0.5) is 9.59 Å². The Hall–Kier alpha value is -3.14. The second-order valence-electron chi connectivity index (χ2n) is 13.8. The Kier molecular flexibility index (Phi) is 9.79. The smallest absolute Gasteiger partial charge is 0.412 e. The molecule has 2 aliphatic heterocycles. The first-order chi connectivity index (χ1) is 20.1. The molecular weight excluding hydrogens is 546 g/mol. The topological polar surface area (TPSA) is 80.8 Å². The van der Waals surface area contributed by atoms with Crippen LogP contribution in [0, 0.1) is 0 Å². The lowest BCUT2D eigenvalue weighted by atomic mass is 10.0. The number of carbonyl (C=O) groups is 2. The number of rotatable bonds is 10. The number of amides is 2. The zero-order valence-electron chi connectivity index (χ0n) is 27.1. The molecule has 2 aromatic rings. The average molecular weight is 596 g/mol. The van der Waals surface area contributed by atoms with Gasteiger partial charge < -0.3 is 18.9 Å². The van der Waals surface area contributed by atoms with Crippen LogP contribution in [0.3, 0.4) is 0 Å². The second kappa shape index (κ2) is 12.8. The molecule has 2 amide bonds. The molecule has 0 aromatic heterocycles. The molecule has 0 radical (unpaired) electrons. The Bertz CT molecular complexity index is 1160. The molecule has 0 aliphatic carbocycles.